The van der Waals surface area contributed by atoms with Crippen molar-refractivity contribution in [3.63, 3.8) is 0 Å². The number of fused-ring (bicyclic) bond motifs is 1. The lowest BCUT2D eigenvalue weighted by molar-refractivity contribution is 0.0696. The van der Waals surface area contributed by atoms with Crippen molar-refractivity contribution in [3.8, 4) is 5.75 Å². The van der Waals surface area contributed by atoms with Gasteiger partial charge in [0.1, 0.15) is 11.9 Å². The van der Waals surface area contributed by atoms with Crippen molar-refractivity contribution in [2.24, 2.45) is 0 Å². The minimum Gasteiger partial charge on any atom is -0.484 e. The Morgan fingerprint density at radius 3 is 2.75 bits per heavy atom. The molecule has 0 saturated carbocycles. The molecule has 102 valence electrons. The standard InChI is InChI=1S/C16H15NO3/c18-16(19)12-6-7-13-9-17-10-15(20-14(13)8-12)11-4-2-1-3-5-11/h1-8,15,17H,9-10H2,(H,18,19). The number of rotatable bonds is 2. The largest absolute Gasteiger partial charge is 0.484 e. The van der Waals surface area contributed by atoms with Crippen molar-refractivity contribution in [2.75, 3.05) is 6.54 Å². The van der Waals surface area contributed by atoms with Gasteiger partial charge >= 0.3 is 5.97 Å². The number of nitrogens with one attached hydrogen (secondary N) is 1. The highest BCUT2D eigenvalue weighted by Crippen LogP contribution is 2.29. The Morgan fingerprint density at radius 2 is 2.00 bits per heavy atom. The highest BCUT2D eigenvalue weighted by molar-refractivity contribution is 5.88. The van der Waals surface area contributed by atoms with Gasteiger partial charge in [-0.3, -0.25) is 0 Å². The molecule has 1 atom stereocenters. The quantitative estimate of drug-likeness (QED) is 0.880. The minimum absolute atomic E-state index is 0.110. The Bertz CT molecular complexity index is 625. The Balaban J connectivity index is 1.94. The number of aromatic carboxylic acids is 1. The van der Waals surface area contributed by atoms with Gasteiger partial charge in [0.15, 0.2) is 0 Å². The zero-order chi connectivity index (χ0) is 13.9. The van der Waals surface area contributed by atoms with Crippen molar-refractivity contribution < 1.29 is 14.6 Å². The minimum atomic E-state index is -0.940. The van der Waals surface area contributed by atoms with Crippen molar-refractivity contribution in [1.29, 1.82) is 0 Å². The van der Waals surface area contributed by atoms with Crippen LogP contribution in [-0.4, -0.2) is 17.6 Å². The Hall–Kier alpha value is -2.33. The van der Waals surface area contributed by atoms with Crippen molar-refractivity contribution in [2.45, 2.75) is 12.6 Å². The van der Waals surface area contributed by atoms with E-state index in [0.29, 0.717) is 18.8 Å². The van der Waals surface area contributed by atoms with E-state index in [4.69, 9.17) is 9.84 Å². The maximum Gasteiger partial charge on any atom is 0.335 e. The number of carbonyl (C=O) groups is 1. The van der Waals surface area contributed by atoms with Crippen LogP contribution in [0.1, 0.15) is 27.6 Å². The van der Waals surface area contributed by atoms with Crippen LogP contribution < -0.4 is 10.1 Å². The van der Waals surface area contributed by atoms with E-state index >= 15 is 0 Å². The third kappa shape index (κ3) is 2.51. The number of hydrogen-bond acceptors (Lipinski definition) is 3. The fourth-order valence-corrected chi connectivity index (χ4v) is 2.33. The molecule has 1 unspecified atom stereocenters. The number of hydrogen-bond donors (Lipinski definition) is 2. The molecular formula is C16H15NO3. The molecule has 2 aromatic carbocycles. The van der Waals surface area contributed by atoms with E-state index in [9.17, 15) is 4.79 Å². The molecule has 0 bridgehead atoms. The second-order valence-corrected chi connectivity index (χ2v) is 4.78. The first-order valence-corrected chi connectivity index (χ1v) is 6.52. The molecule has 3 rings (SSSR count). The van der Waals surface area contributed by atoms with Gasteiger partial charge in [-0.25, -0.2) is 4.79 Å². The number of benzene rings is 2. The highest BCUT2D eigenvalue weighted by Gasteiger charge is 2.20. The summed E-state index contributed by atoms with van der Waals surface area (Å²) < 4.78 is 6.01. The normalized spacial score (nSPS) is 17.7. The molecule has 0 aliphatic carbocycles. The summed E-state index contributed by atoms with van der Waals surface area (Å²) in [7, 11) is 0. The van der Waals surface area contributed by atoms with Crippen LogP contribution in [0.25, 0.3) is 0 Å². The predicted octanol–water partition coefficient (Wildman–Crippen LogP) is 2.61. The summed E-state index contributed by atoms with van der Waals surface area (Å²) in [5, 5.41) is 12.4. The summed E-state index contributed by atoms with van der Waals surface area (Å²) in [6.07, 6.45) is -0.110. The fourth-order valence-electron chi connectivity index (χ4n) is 2.33. The second-order valence-electron chi connectivity index (χ2n) is 4.78. The molecule has 2 N–H and O–H groups in total. The molecule has 0 saturated heterocycles. The fraction of sp³-hybridized carbons (Fsp3) is 0.188. The van der Waals surface area contributed by atoms with Gasteiger partial charge in [-0.1, -0.05) is 36.4 Å². The summed E-state index contributed by atoms with van der Waals surface area (Å²) in [4.78, 5) is 11.1. The molecule has 2 aromatic rings. The van der Waals surface area contributed by atoms with Crippen LogP contribution in [-0.2, 0) is 6.54 Å². The van der Waals surface area contributed by atoms with Crippen molar-refractivity contribution in [3.05, 3.63) is 65.2 Å². The molecule has 0 fully saturated rings. The predicted molar refractivity (Wildman–Crippen MR) is 74.9 cm³/mol. The molecule has 4 nitrogen and oxygen atoms in total. The maximum atomic E-state index is 11.1. The van der Waals surface area contributed by atoms with Crippen LogP contribution in [0.15, 0.2) is 48.5 Å². The number of carboxylic acid groups (broad SMARTS) is 1. The Labute approximate surface area is 117 Å². The number of carboxylic acids is 1. The first kappa shape index (κ1) is 12.7. The van der Waals surface area contributed by atoms with E-state index in [1.807, 2.05) is 30.3 Å². The van der Waals surface area contributed by atoms with E-state index in [1.165, 1.54) is 0 Å². The SMILES string of the molecule is O=C(O)c1ccc2c(c1)OC(c1ccccc1)CNC2. The number of ether oxygens (including phenoxy) is 1. The topological polar surface area (TPSA) is 58.6 Å². The first-order chi connectivity index (χ1) is 9.74. The van der Waals surface area contributed by atoms with Crippen LogP contribution in [0.2, 0.25) is 0 Å². The summed E-state index contributed by atoms with van der Waals surface area (Å²) in [5.74, 6) is -0.298. The molecule has 4 heteroatoms. The average molecular weight is 269 g/mol. The molecule has 1 aliphatic rings. The average Bonchev–Trinajstić information content (AvgIpc) is 2.69. The van der Waals surface area contributed by atoms with Crippen LogP contribution in [0.5, 0.6) is 5.75 Å². The van der Waals surface area contributed by atoms with E-state index in [1.54, 1.807) is 18.2 Å². The summed E-state index contributed by atoms with van der Waals surface area (Å²) in [6.45, 7) is 1.37. The van der Waals surface area contributed by atoms with Crippen LogP contribution in [0.4, 0.5) is 0 Å². The molecule has 0 radical (unpaired) electrons. The lowest BCUT2D eigenvalue weighted by Crippen LogP contribution is -2.21. The lowest BCUT2D eigenvalue weighted by atomic mass is 10.1. The molecular weight excluding hydrogens is 254 g/mol. The van der Waals surface area contributed by atoms with Crippen LogP contribution in [0.3, 0.4) is 0 Å². The van der Waals surface area contributed by atoms with Gasteiger partial charge in [-0.05, 0) is 17.7 Å². The molecule has 1 heterocycles. The van der Waals surface area contributed by atoms with Crippen molar-refractivity contribution in [1.82, 2.24) is 5.32 Å². The first-order valence-electron chi connectivity index (χ1n) is 6.52. The highest BCUT2D eigenvalue weighted by atomic mass is 16.5. The smallest absolute Gasteiger partial charge is 0.335 e. The zero-order valence-corrected chi connectivity index (χ0v) is 10.9. The summed E-state index contributed by atoms with van der Waals surface area (Å²) in [6, 6.07) is 14.9. The van der Waals surface area contributed by atoms with Gasteiger partial charge in [-0.15, -0.1) is 0 Å². The third-order valence-electron chi connectivity index (χ3n) is 3.40. The molecule has 0 amide bonds. The maximum absolute atomic E-state index is 11.1. The van der Waals surface area contributed by atoms with Crippen LogP contribution in [0, 0.1) is 0 Å². The van der Waals surface area contributed by atoms with Crippen molar-refractivity contribution >= 4 is 5.97 Å². The third-order valence-corrected chi connectivity index (χ3v) is 3.40. The van der Waals surface area contributed by atoms with Gasteiger partial charge in [0.25, 0.3) is 0 Å². The lowest BCUT2D eigenvalue weighted by Gasteiger charge is -2.17. The van der Waals surface area contributed by atoms with E-state index in [-0.39, 0.29) is 11.7 Å². The molecule has 20 heavy (non-hydrogen) atoms. The van der Waals surface area contributed by atoms with Gasteiger partial charge in [0.2, 0.25) is 0 Å². The monoisotopic (exact) mass is 269 g/mol. The van der Waals surface area contributed by atoms with E-state index in [2.05, 4.69) is 5.32 Å². The Morgan fingerprint density at radius 1 is 1.20 bits per heavy atom. The van der Waals surface area contributed by atoms with Gasteiger partial charge in [0.05, 0.1) is 5.56 Å². The van der Waals surface area contributed by atoms with Gasteiger partial charge in [-0.2, -0.15) is 0 Å². The molecule has 1 aliphatic heterocycles. The van der Waals surface area contributed by atoms with E-state index < -0.39 is 5.97 Å². The van der Waals surface area contributed by atoms with E-state index in [0.717, 1.165) is 11.1 Å². The Kier molecular flexibility index (Phi) is 3.39. The second kappa shape index (κ2) is 5.35. The van der Waals surface area contributed by atoms with Gasteiger partial charge in [0, 0.05) is 18.7 Å². The van der Waals surface area contributed by atoms with Crippen LogP contribution >= 0.6 is 0 Å². The van der Waals surface area contributed by atoms with Gasteiger partial charge < -0.3 is 15.2 Å². The molecule has 0 spiro atoms. The summed E-state index contributed by atoms with van der Waals surface area (Å²) >= 11 is 0. The zero-order valence-electron chi connectivity index (χ0n) is 10.9. The summed E-state index contributed by atoms with van der Waals surface area (Å²) in [5.41, 5.74) is 2.31. The molecule has 0 aromatic heterocycles.